The van der Waals surface area contributed by atoms with Gasteiger partial charge in [-0.05, 0) is 20.3 Å². The van der Waals surface area contributed by atoms with Crippen molar-refractivity contribution >= 4 is 28.2 Å². The number of anilines is 2. The van der Waals surface area contributed by atoms with Crippen LogP contribution in [0, 0.1) is 12.3 Å². The number of carbonyl (C=O) groups excluding carboxylic acids is 1. The van der Waals surface area contributed by atoms with E-state index < -0.39 is 5.54 Å². The molecular formula is C12H18N4OS. The summed E-state index contributed by atoms with van der Waals surface area (Å²) in [5.41, 5.74) is 5.02. The van der Waals surface area contributed by atoms with Gasteiger partial charge in [0.2, 0.25) is 0 Å². The maximum atomic E-state index is 12.0. The molecule has 0 atom stereocenters. The van der Waals surface area contributed by atoms with Gasteiger partial charge in [0.15, 0.2) is 5.13 Å². The number of terminal acetylenes is 1. The number of rotatable bonds is 5. The van der Waals surface area contributed by atoms with Crippen LogP contribution < -0.4 is 16.4 Å². The second-order valence-electron chi connectivity index (χ2n) is 4.38. The van der Waals surface area contributed by atoms with Crippen LogP contribution in [0.4, 0.5) is 10.9 Å². The van der Waals surface area contributed by atoms with Crippen LogP contribution in [0.2, 0.25) is 0 Å². The minimum Gasteiger partial charge on any atom is -0.382 e. The van der Waals surface area contributed by atoms with E-state index in [1.165, 1.54) is 11.3 Å². The number of nitrogen functional groups attached to an aromatic ring is 1. The van der Waals surface area contributed by atoms with Gasteiger partial charge in [-0.25, -0.2) is 4.98 Å². The summed E-state index contributed by atoms with van der Waals surface area (Å²) in [5, 5.41) is 6.47. The Kier molecular flexibility index (Phi) is 4.56. The summed E-state index contributed by atoms with van der Waals surface area (Å²) in [7, 11) is 0. The van der Waals surface area contributed by atoms with E-state index >= 15 is 0 Å². The summed E-state index contributed by atoms with van der Waals surface area (Å²) in [6, 6.07) is 0. The van der Waals surface area contributed by atoms with Gasteiger partial charge in [-0.1, -0.05) is 24.2 Å². The predicted molar refractivity (Wildman–Crippen MR) is 75.7 cm³/mol. The maximum absolute atomic E-state index is 12.0. The van der Waals surface area contributed by atoms with E-state index in [1.54, 1.807) is 13.8 Å². The number of nitrogens with two attached hydrogens (primary N) is 1. The third-order valence-corrected chi connectivity index (χ3v) is 3.20. The summed E-state index contributed by atoms with van der Waals surface area (Å²) in [5.74, 6) is 2.43. The lowest BCUT2D eigenvalue weighted by molar-refractivity contribution is 0.0934. The van der Waals surface area contributed by atoms with Gasteiger partial charge in [-0.15, -0.1) is 6.42 Å². The summed E-state index contributed by atoms with van der Waals surface area (Å²) < 4.78 is 0. The summed E-state index contributed by atoms with van der Waals surface area (Å²) in [6.45, 7) is 6.34. The second kappa shape index (κ2) is 5.74. The van der Waals surface area contributed by atoms with E-state index in [9.17, 15) is 4.79 Å². The zero-order valence-corrected chi connectivity index (χ0v) is 11.6. The van der Waals surface area contributed by atoms with Gasteiger partial charge in [0, 0.05) is 6.54 Å². The fraction of sp³-hybridized carbons (Fsp3) is 0.500. The van der Waals surface area contributed by atoms with Crippen molar-refractivity contribution in [2.24, 2.45) is 0 Å². The zero-order chi connectivity index (χ0) is 13.8. The molecule has 0 aliphatic carbocycles. The van der Waals surface area contributed by atoms with Crippen molar-refractivity contribution in [1.82, 2.24) is 10.3 Å². The van der Waals surface area contributed by atoms with Crippen LogP contribution in [0.3, 0.4) is 0 Å². The molecule has 1 rings (SSSR count). The van der Waals surface area contributed by atoms with Gasteiger partial charge in [0.25, 0.3) is 5.91 Å². The molecule has 0 aliphatic heterocycles. The van der Waals surface area contributed by atoms with Gasteiger partial charge in [0.1, 0.15) is 10.7 Å². The maximum Gasteiger partial charge on any atom is 0.266 e. The molecule has 0 unspecified atom stereocenters. The highest BCUT2D eigenvalue weighted by molar-refractivity contribution is 7.18. The fourth-order valence-electron chi connectivity index (χ4n) is 1.18. The molecule has 18 heavy (non-hydrogen) atoms. The molecule has 0 saturated carbocycles. The van der Waals surface area contributed by atoms with Crippen molar-refractivity contribution in [1.29, 1.82) is 0 Å². The molecule has 0 bridgehead atoms. The van der Waals surface area contributed by atoms with Gasteiger partial charge in [-0.2, -0.15) is 0 Å². The van der Waals surface area contributed by atoms with Crippen LogP contribution in [-0.4, -0.2) is 23.0 Å². The molecule has 5 nitrogen and oxygen atoms in total. The number of hydrogen-bond donors (Lipinski definition) is 3. The molecule has 1 heterocycles. The summed E-state index contributed by atoms with van der Waals surface area (Å²) in [6.07, 6.45) is 6.30. The van der Waals surface area contributed by atoms with Gasteiger partial charge in [-0.3, -0.25) is 4.79 Å². The SMILES string of the molecule is C#CC(C)(C)NC(=O)c1sc(NCCC)nc1N. The summed E-state index contributed by atoms with van der Waals surface area (Å²) in [4.78, 5) is 16.5. The minimum absolute atomic E-state index is 0.226. The molecule has 0 aliphatic rings. The molecule has 0 saturated heterocycles. The molecule has 4 N–H and O–H groups in total. The number of thiazole rings is 1. The normalized spacial score (nSPS) is 10.8. The third-order valence-electron chi connectivity index (χ3n) is 2.17. The Labute approximate surface area is 111 Å². The first-order chi connectivity index (χ1) is 8.39. The highest BCUT2D eigenvalue weighted by Crippen LogP contribution is 2.25. The van der Waals surface area contributed by atoms with Gasteiger partial charge >= 0.3 is 0 Å². The Morgan fingerprint density at radius 3 is 2.83 bits per heavy atom. The van der Waals surface area contributed by atoms with Crippen LogP contribution >= 0.6 is 11.3 Å². The van der Waals surface area contributed by atoms with Crippen molar-refractivity contribution in [3.63, 3.8) is 0 Å². The zero-order valence-electron chi connectivity index (χ0n) is 10.8. The van der Waals surface area contributed by atoms with Gasteiger partial charge < -0.3 is 16.4 Å². The van der Waals surface area contributed by atoms with Crippen molar-refractivity contribution < 1.29 is 4.79 Å². The monoisotopic (exact) mass is 266 g/mol. The fourth-order valence-corrected chi connectivity index (χ4v) is 1.98. The second-order valence-corrected chi connectivity index (χ2v) is 5.38. The molecule has 98 valence electrons. The predicted octanol–water partition coefficient (Wildman–Crippen LogP) is 1.69. The first-order valence-electron chi connectivity index (χ1n) is 5.70. The highest BCUT2D eigenvalue weighted by atomic mass is 32.1. The Morgan fingerprint density at radius 1 is 1.61 bits per heavy atom. The molecule has 0 fully saturated rings. The Hall–Kier alpha value is -1.74. The molecule has 0 spiro atoms. The first kappa shape index (κ1) is 14.3. The number of hydrogen-bond acceptors (Lipinski definition) is 5. The first-order valence-corrected chi connectivity index (χ1v) is 6.51. The number of aromatic nitrogens is 1. The van der Waals surface area contributed by atoms with E-state index in [2.05, 4.69) is 21.5 Å². The lowest BCUT2D eigenvalue weighted by Crippen LogP contribution is -2.41. The van der Waals surface area contributed by atoms with Crippen LogP contribution in [0.25, 0.3) is 0 Å². The molecular weight excluding hydrogens is 248 g/mol. The highest BCUT2D eigenvalue weighted by Gasteiger charge is 2.22. The lowest BCUT2D eigenvalue weighted by Gasteiger charge is -2.18. The molecule has 0 radical (unpaired) electrons. The Balaban J connectivity index is 2.81. The van der Waals surface area contributed by atoms with Crippen LogP contribution in [0.15, 0.2) is 0 Å². The molecule has 1 aromatic heterocycles. The van der Waals surface area contributed by atoms with Gasteiger partial charge in [0.05, 0.1) is 5.54 Å². The number of nitrogens with zero attached hydrogens (tertiary/aromatic N) is 1. The van der Waals surface area contributed by atoms with Crippen LogP contribution in [0.5, 0.6) is 0 Å². The van der Waals surface area contributed by atoms with Crippen LogP contribution in [0.1, 0.15) is 36.9 Å². The smallest absolute Gasteiger partial charge is 0.266 e. The molecule has 6 heteroatoms. The summed E-state index contributed by atoms with van der Waals surface area (Å²) >= 11 is 1.23. The Morgan fingerprint density at radius 2 is 2.28 bits per heavy atom. The number of amides is 1. The standard InChI is InChI=1S/C12H18N4OS/c1-5-7-14-11-15-9(13)8(18-11)10(17)16-12(3,4)6-2/h2H,5,7,13H2,1,3-4H3,(H,14,15)(H,16,17). The topological polar surface area (TPSA) is 80.0 Å². The molecule has 1 aromatic rings. The van der Waals surface area contributed by atoms with E-state index in [0.29, 0.717) is 10.0 Å². The number of carbonyl (C=O) groups is 1. The van der Waals surface area contributed by atoms with E-state index in [-0.39, 0.29) is 11.7 Å². The van der Waals surface area contributed by atoms with E-state index in [1.807, 2.05) is 6.92 Å². The van der Waals surface area contributed by atoms with Crippen molar-refractivity contribution in [2.45, 2.75) is 32.7 Å². The average molecular weight is 266 g/mol. The lowest BCUT2D eigenvalue weighted by atomic mass is 10.1. The van der Waals surface area contributed by atoms with Crippen molar-refractivity contribution in [3.05, 3.63) is 4.88 Å². The molecule has 1 amide bonds. The Bertz CT molecular complexity index is 473. The van der Waals surface area contributed by atoms with Crippen molar-refractivity contribution in [2.75, 3.05) is 17.6 Å². The largest absolute Gasteiger partial charge is 0.382 e. The van der Waals surface area contributed by atoms with Crippen molar-refractivity contribution in [3.8, 4) is 12.3 Å². The minimum atomic E-state index is -0.704. The third kappa shape index (κ3) is 3.64. The van der Waals surface area contributed by atoms with Crippen LogP contribution in [-0.2, 0) is 0 Å². The quantitative estimate of drug-likeness (QED) is 0.708. The van der Waals surface area contributed by atoms with E-state index in [0.717, 1.165) is 13.0 Å². The van der Waals surface area contributed by atoms with E-state index in [4.69, 9.17) is 12.2 Å². The molecule has 0 aromatic carbocycles. The number of nitrogens with one attached hydrogen (secondary N) is 2. The average Bonchev–Trinajstić information content (AvgIpc) is 2.67.